The van der Waals surface area contributed by atoms with Gasteiger partial charge in [-0.15, -0.1) is 0 Å². The number of aryl methyl sites for hydroxylation is 1. The highest BCUT2D eigenvalue weighted by atomic mass is 16.4. The van der Waals surface area contributed by atoms with Gasteiger partial charge in [-0.3, -0.25) is 4.79 Å². The molecule has 3 heterocycles. The Morgan fingerprint density at radius 2 is 2.36 bits per heavy atom. The molecule has 3 rings (SSSR count). The van der Waals surface area contributed by atoms with E-state index >= 15 is 0 Å². The molecule has 1 fully saturated rings. The highest BCUT2D eigenvalue weighted by Crippen LogP contribution is 2.29. The summed E-state index contributed by atoms with van der Waals surface area (Å²) in [5.74, 6) is 1.71. The van der Waals surface area contributed by atoms with Gasteiger partial charge in [0, 0.05) is 13.1 Å². The molecule has 0 bridgehead atoms. The number of hydrogen-bond donors (Lipinski definition) is 1. The monoisotopic (exact) mass is 303 g/mol. The zero-order valence-corrected chi connectivity index (χ0v) is 13.0. The summed E-state index contributed by atoms with van der Waals surface area (Å²) < 4.78 is 10.9. The first-order chi connectivity index (χ1) is 10.5. The van der Waals surface area contributed by atoms with Crippen LogP contribution in [0.25, 0.3) is 11.7 Å². The molecule has 0 aromatic carbocycles. The van der Waals surface area contributed by atoms with Crippen LogP contribution < -0.4 is 5.73 Å². The minimum absolute atomic E-state index is 0.0356. The number of carbonyl (C=O) groups is 1. The highest BCUT2D eigenvalue weighted by molar-refractivity contribution is 5.79. The van der Waals surface area contributed by atoms with Gasteiger partial charge < -0.3 is 19.5 Å². The molecule has 6 heteroatoms. The van der Waals surface area contributed by atoms with Crippen LogP contribution in [0, 0.1) is 12.3 Å². The third kappa shape index (κ3) is 2.78. The van der Waals surface area contributed by atoms with Crippen LogP contribution in [0.5, 0.6) is 0 Å². The van der Waals surface area contributed by atoms with E-state index in [9.17, 15) is 4.79 Å². The molecule has 0 saturated carbocycles. The van der Waals surface area contributed by atoms with Crippen molar-refractivity contribution >= 4 is 5.91 Å². The minimum Gasteiger partial charge on any atom is -0.459 e. The topological polar surface area (TPSA) is 85.5 Å². The fraction of sp³-hybridized carbons (Fsp3) is 0.500. The van der Waals surface area contributed by atoms with E-state index in [1.54, 1.807) is 18.4 Å². The lowest BCUT2D eigenvalue weighted by Gasteiger charge is -2.22. The molecular weight excluding hydrogens is 282 g/mol. The van der Waals surface area contributed by atoms with Crippen molar-refractivity contribution in [3.05, 3.63) is 29.9 Å². The molecule has 2 aromatic rings. The lowest BCUT2D eigenvalue weighted by Crippen LogP contribution is -2.35. The van der Waals surface area contributed by atoms with Crippen molar-refractivity contribution in [2.45, 2.75) is 26.7 Å². The first kappa shape index (κ1) is 14.8. The van der Waals surface area contributed by atoms with Crippen molar-refractivity contribution in [1.29, 1.82) is 0 Å². The number of amides is 1. The maximum absolute atomic E-state index is 12.4. The van der Waals surface area contributed by atoms with Gasteiger partial charge in [-0.1, -0.05) is 6.92 Å². The Morgan fingerprint density at radius 1 is 1.55 bits per heavy atom. The normalized spacial score (nSPS) is 21.5. The van der Waals surface area contributed by atoms with E-state index in [0.29, 0.717) is 36.2 Å². The molecule has 1 amide bonds. The third-order valence-corrected chi connectivity index (χ3v) is 4.35. The molecule has 1 atom stereocenters. The summed E-state index contributed by atoms with van der Waals surface area (Å²) in [4.78, 5) is 18.7. The average molecular weight is 303 g/mol. The van der Waals surface area contributed by atoms with Gasteiger partial charge in [-0.05, 0) is 37.4 Å². The predicted octanol–water partition coefficient (Wildman–Crippen LogP) is 1.98. The van der Waals surface area contributed by atoms with E-state index in [-0.39, 0.29) is 17.7 Å². The summed E-state index contributed by atoms with van der Waals surface area (Å²) in [5.41, 5.74) is 6.49. The molecule has 22 heavy (non-hydrogen) atoms. The summed E-state index contributed by atoms with van der Waals surface area (Å²) >= 11 is 0. The Kier molecular flexibility index (Phi) is 3.78. The Balaban J connectivity index is 1.70. The molecule has 1 aliphatic heterocycles. The molecule has 6 nitrogen and oxygen atoms in total. The summed E-state index contributed by atoms with van der Waals surface area (Å²) in [6, 6.07) is 3.56. The molecule has 1 saturated heterocycles. The fourth-order valence-corrected chi connectivity index (χ4v) is 2.76. The van der Waals surface area contributed by atoms with Gasteiger partial charge in [0.05, 0.1) is 18.4 Å². The molecule has 1 unspecified atom stereocenters. The van der Waals surface area contributed by atoms with Gasteiger partial charge in [-0.25, -0.2) is 4.98 Å². The van der Waals surface area contributed by atoms with Gasteiger partial charge in [0.15, 0.2) is 5.76 Å². The van der Waals surface area contributed by atoms with Crippen LogP contribution in [0.1, 0.15) is 24.8 Å². The van der Waals surface area contributed by atoms with Gasteiger partial charge in [0.25, 0.3) is 5.89 Å². The van der Waals surface area contributed by atoms with E-state index in [1.165, 1.54) is 0 Å². The van der Waals surface area contributed by atoms with E-state index < -0.39 is 0 Å². The third-order valence-electron chi connectivity index (χ3n) is 4.35. The van der Waals surface area contributed by atoms with Crippen molar-refractivity contribution in [3.63, 3.8) is 0 Å². The van der Waals surface area contributed by atoms with Crippen molar-refractivity contribution in [1.82, 2.24) is 9.88 Å². The smallest absolute Gasteiger partial charge is 0.263 e. The first-order valence-electron chi connectivity index (χ1n) is 7.49. The molecule has 0 radical (unpaired) electrons. The van der Waals surface area contributed by atoms with Crippen LogP contribution in [-0.4, -0.2) is 35.4 Å². The highest BCUT2D eigenvalue weighted by Gasteiger charge is 2.35. The number of carbonyl (C=O) groups excluding carboxylic acids is 1. The standard InChI is InChI=1S/C16H21N3O3/c1-11-12(18-15(22-11)13-4-3-7-21-13)8-14(20)19-6-5-16(2,9-17)10-19/h3-4,7H,5-6,8-10,17H2,1-2H3. The largest absolute Gasteiger partial charge is 0.459 e. The fourth-order valence-electron chi connectivity index (χ4n) is 2.76. The number of oxazole rings is 1. The summed E-state index contributed by atoms with van der Waals surface area (Å²) in [6.07, 6.45) is 2.76. The summed E-state index contributed by atoms with van der Waals surface area (Å²) in [5, 5.41) is 0. The van der Waals surface area contributed by atoms with E-state index in [4.69, 9.17) is 14.6 Å². The molecule has 0 spiro atoms. The molecule has 1 aliphatic rings. The van der Waals surface area contributed by atoms with Gasteiger partial charge in [-0.2, -0.15) is 0 Å². The lowest BCUT2D eigenvalue weighted by molar-refractivity contribution is -0.129. The summed E-state index contributed by atoms with van der Waals surface area (Å²) in [6.45, 7) is 6.01. The van der Waals surface area contributed by atoms with Crippen LogP contribution in [0.15, 0.2) is 27.2 Å². The quantitative estimate of drug-likeness (QED) is 0.933. The zero-order valence-electron chi connectivity index (χ0n) is 13.0. The van der Waals surface area contributed by atoms with Gasteiger partial charge >= 0.3 is 0 Å². The molecule has 0 aliphatic carbocycles. The number of hydrogen-bond acceptors (Lipinski definition) is 5. The summed E-state index contributed by atoms with van der Waals surface area (Å²) in [7, 11) is 0. The molecule has 2 N–H and O–H groups in total. The number of likely N-dealkylation sites (tertiary alicyclic amines) is 1. The Labute approximate surface area is 129 Å². The maximum atomic E-state index is 12.4. The van der Waals surface area contributed by atoms with Crippen LogP contribution in [0.4, 0.5) is 0 Å². The van der Waals surface area contributed by atoms with Crippen molar-refractivity contribution < 1.29 is 13.6 Å². The van der Waals surface area contributed by atoms with Gasteiger partial charge in [0.1, 0.15) is 5.76 Å². The number of aromatic nitrogens is 1. The predicted molar refractivity (Wildman–Crippen MR) is 81.0 cm³/mol. The van der Waals surface area contributed by atoms with Crippen molar-refractivity contribution in [3.8, 4) is 11.7 Å². The SMILES string of the molecule is Cc1oc(-c2ccco2)nc1CC(=O)N1CCC(C)(CN)C1. The van der Waals surface area contributed by atoms with Crippen molar-refractivity contribution in [2.75, 3.05) is 19.6 Å². The number of rotatable bonds is 4. The zero-order chi connectivity index (χ0) is 15.7. The molecule has 118 valence electrons. The van der Waals surface area contributed by atoms with Crippen molar-refractivity contribution in [2.24, 2.45) is 11.1 Å². The van der Waals surface area contributed by atoms with E-state index in [0.717, 1.165) is 13.0 Å². The Hall–Kier alpha value is -2.08. The molecule has 2 aromatic heterocycles. The van der Waals surface area contributed by atoms with Gasteiger partial charge in [0.2, 0.25) is 5.91 Å². The van der Waals surface area contributed by atoms with E-state index in [2.05, 4.69) is 11.9 Å². The van der Waals surface area contributed by atoms with Crippen LogP contribution in [-0.2, 0) is 11.2 Å². The van der Waals surface area contributed by atoms with Crippen LogP contribution in [0.2, 0.25) is 0 Å². The second-order valence-electron chi connectivity index (χ2n) is 6.26. The van der Waals surface area contributed by atoms with Crippen LogP contribution >= 0.6 is 0 Å². The molecular formula is C16H21N3O3. The number of nitrogens with two attached hydrogens (primary N) is 1. The number of nitrogens with zero attached hydrogens (tertiary/aromatic N) is 2. The maximum Gasteiger partial charge on any atom is 0.263 e. The lowest BCUT2D eigenvalue weighted by atomic mass is 9.90. The Morgan fingerprint density at radius 3 is 3.00 bits per heavy atom. The first-order valence-corrected chi connectivity index (χ1v) is 7.49. The average Bonchev–Trinajstić information content (AvgIpc) is 3.20. The minimum atomic E-state index is 0.0356. The van der Waals surface area contributed by atoms with E-state index in [1.807, 2.05) is 11.8 Å². The second kappa shape index (κ2) is 5.61. The number of furan rings is 1. The second-order valence-corrected chi connectivity index (χ2v) is 6.26. The Bertz CT molecular complexity index is 662. The van der Waals surface area contributed by atoms with Crippen LogP contribution in [0.3, 0.4) is 0 Å².